The van der Waals surface area contributed by atoms with Gasteiger partial charge in [0.25, 0.3) is 0 Å². The summed E-state index contributed by atoms with van der Waals surface area (Å²) in [7, 11) is 0. The minimum absolute atomic E-state index is 0.185. The highest BCUT2D eigenvalue weighted by molar-refractivity contribution is 6.05. The van der Waals surface area contributed by atoms with E-state index >= 15 is 0 Å². The van der Waals surface area contributed by atoms with E-state index in [2.05, 4.69) is 0 Å². The monoisotopic (exact) mass is 332 g/mol. The van der Waals surface area contributed by atoms with Crippen LogP contribution in [0, 0.1) is 11.8 Å². The van der Waals surface area contributed by atoms with Crippen molar-refractivity contribution in [2.24, 2.45) is 11.8 Å². The fourth-order valence-electron chi connectivity index (χ4n) is 3.86. The lowest BCUT2D eigenvalue weighted by Gasteiger charge is -2.44. The molecule has 0 spiro atoms. The predicted octanol–water partition coefficient (Wildman–Crippen LogP) is 2.30. The van der Waals surface area contributed by atoms with Gasteiger partial charge in [-0.1, -0.05) is 12.1 Å². The number of hydrogen-bond donors (Lipinski definition) is 1. The molecule has 24 heavy (non-hydrogen) atoms. The van der Waals surface area contributed by atoms with Crippen molar-refractivity contribution in [3.63, 3.8) is 0 Å². The van der Waals surface area contributed by atoms with Crippen LogP contribution in [-0.4, -0.2) is 34.7 Å². The van der Waals surface area contributed by atoms with Crippen molar-refractivity contribution in [3.05, 3.63) is 29.8 Å². The summed E-state index contributed by atoms with van der Waals surface area (Å²) in [6.45, 7) is 6.66. The minimum Gasteiger partial charge on any atom is -0.494 e. The number of carbonyl (C=O) groups excluding carboxylic acids is 3. The van der Waals surface area contributed by atoms with Gasteiger partial charge in [-0.3, -0.25) is 14.4 Å². The van der Waals surface area contributed by atoms with Crippen LogP contribution in [0.15, 0.2) is 24.3 Å². The molecule has 1 aliphatic rings. The summed E-state index contributed by atoms with van der Waals surface area (Å²) in [5.74, 6) is -2.51. The third-order valence-electron chi connectivity index (χ3n) is 4.72. The van der Waals surface area contributed by atoms with Crippen molar-refractivity contribution < 1.29 is 24.2 Å². The summed E-state index contributed by atoms with van der Waals surface area (Å²) >= 11 is 0. The summed E-state index contributed by atoms with van der Waals surface area (Å²) in [5, 5.41) is 10.7. The van der Waals surface area contributed by atoms with Gasteiger partial charge in [0.15, 0.2) is 0 Å². The van der Waals surface area contributed by atoms with Crippen LogP contribution in [0.3, 0.4) is 0 Å². The van der Waals surface area contributed by atoms with E-state index in [0.29, 0.717) is 17.9 Å². The Balaban J connectivity index is 2.53. The number of rotatable bonds is 5. The predicted molar refractivity (Wildman–Crippen MR) is 88.9 cm³/mol. The summed E-state index contributed by atoms with van der Waals surface area (Å²) in [5.41, 5.74) is -0.773. The van der Waals surface area contributed by atoms with Crippen molar-refractivity contribution in [2.45, 2.75) is 45.6 Å². The molecule has 0 aliphatic heterocycles. The molecule has 1 aromatic rings. The molecule has 2 rings (SSSR count). The van der Waals surface area contributed by atoms with E-state index in [1.165, 1.54) is 20.8 Å². The molecule has 1 aromatic carbocycles. The van der Waals surface area contributed by atoms with E-state index in [1.807, 2.05) is 6.92 Å². The lowest BCUT2D eigenvalue weighted by atomic mass is 9.60. The molecule has 0 amide bonds. The third-order valence-corrected chi connectivity index (χ3v) is 4.72. The molecule has 5 heteroatoms. The molecule has 5 nitrogen and oxygen atoms in total. The normalized spacial score (nSPS) is 30.0. The lowest BCUT2D eigenvalue weighted by Crippen LogP contribution is -2.53. The maximum Gasteiger partial charge on any atom is 0.146 e. The number of carbonyl (C=O) groups is 3. The van der Waals surface area contributed by atoms with Crippen LogP contribution < -0.4 is 4.74 Å². The zero-order valence-corrected chi connectivity index (χ0v) is 14.5. The van der Waals surface area contributed by atoms with Gasteiger partial charge >= 0.3 is 0 Å². The molecule has 0 bridgehead atoms. The first kappa shape index (κ1) is 18.3. The SMILES string of the molecule is CCOc1ccc([C@@H]2[C@@H](C(C)=O)C(=O)C[C@@](C)(O)[C@@H]2C(C)=O)cc1. The van der Waals surface area contributed by atoms with Gasteiger partial charge in [-0.2, -0.15) is 0 Å². The van der Waals surface area contributed by atoms with Gasteiger partial charge in [-0.25, -0.2) is 0 Å². The maximum atomic E-state index is 12.5. The molecule has 0 unspecified atom stereocenters. The molecule has 1 aliphatic carbocycles. The standard InChI is InChI=1S/C19H24O5/c1-5-24-14-8-6-13(7-9-14)17-16(11(2)20)15(22)10-19(4,23)18(17)12(3)21/h6-9,16-18,23H,5,10H2,1-4H3/t16-,17+,18+,19+/m0/s1. The number of aliphatic hydroxyl groups is 1. The molecule has 0 heterocycles. The number of ether oxygens (including phenoxy) is 1. The van der Waals surface area contributed by atoms with E-state index in [-0.39, 0.29) is 23.8 Å². The van der Waals surface area contributed by atoms with E-state index in [0.717, 1.165) is 0 Å². The Kier molecular flexibility index (Phi) is 5.23. The molecular weight excluding hydrogens is 308 g/mol. The van der Waals surface area contributed by atoms with Gasteiger partial charge < -0.3 is 9.84 Å². The molecule has 0 saturated heterocycles. The van der Waals surface area contributed by atoms with Gasteiger partial charge in [-0.15, -0.1) is 0 Å². The summed E-state index contributed by atoms with van der Waals surface area (Å²) < 4.78 is 5.41. The Morgan fingerprint density at radius 1 is 1.21 bits per heavy atom. The molecule has 1 saturated carbocycles. The molecule has 0 aromatic heterocycles. The fourth-order valence-corrected chi connectivity index (χ4v) is 3.86. The van der Waals surface area contributed by atoms with Crippen molar-refractivity contribution in [3.8, 4) is 5.75 Å². The summed E-state index contributed by atoms with van der Waals surface area (Å²) in [6.07, 6.45) is -0.185. The van der Waals surface area contributed by atoms with Crippen LogP contribution in [0.4, 0.5) is 0 Å². The first-order chi connectivity index (χ1) is 11.2. The number of benzene rings is 1. The van der Waals surface area contributed by atoms with Crippen molar-refractivity contribution in [1.29, 1.82) is 0 Å². The van der Waals surface area contributed by atoms with Gasteiger partial charge in [0, 0.05) is 12.3 Å². The van der Waals surface area contributed by atoms with Gasteiger partial charge in [-0.05, 0) is 45.4 Å². The Hall–Kier alpha value is -2.01. The van der Waals surface area contributed by atoms with Crippen molar-refractivity contribution >= 4 is 17.3 Å². The quantitative estimate of drug-likeness (QED) is 0.837. The molecule has 1 N–H and O–H groups in total. The molecular formula is C19H24O5. The summed E-state index contributed by atoms with van der Waals surface area (Å²) in [4.78, 5) is 36.8. The number of Topliss-reactive ketones (excluding diaryl/α,β-unsaturated/α-hetero) is 3. The Bertz CT molecular complexity index is 644. The highest BCUT2D eigenvalue weighted by Crippen LogP contribution is 2.46. The van der Waals surface area contributed by atoms with E-state index in [1.54, 1.807) is 24.3 Å². The third kappa shape index (κ3) is 3.41. The van der Waals surface area contributed by atoms with Crippen molar-refractivity contribution in [1.82, 2.24) is 0 Å². The van der Waals surface area contributed by atoms with E-state index < -0.39 is 23.4 Å². The minimum atomic E-state index is -1.46. The second-order valence-electron chi connectivity index (χ2n) is 6.70. The van der Waals surface area contributed by atoms with Crippen LogP contribution in [0.5, 0.6) is 5.75 Å². The maximum absolute atomic E-state index is 12.5. The molecule has 4 atom stereocenters. The number of ketones is 3. The average Bonchev–Trinajstić information content (AvgIpc) is 2.45. The van der Waals surface area contributed by atoms with Crippen LogP contribution in [0.25, 0.3) is 0 Å². The van der Waals surface area contributed by atoms with E-state index in [4.69, 9.17) is 4.74 Å². The Morgan fingerprint density at radius 3 is 2.25 bits per heavy atom. The van der Waals surface area contributed by atoms with Crippen LogP contribution in [0.1, 0.15) is 45.6 Å². The number of hydrogen-bond acceptors (Lipinski definition) is 5. The van der Waals surface area contributed by atoms with Crippen LogP contribution >= 0.6 is 0 Å². The smallest absolute Gasteiger partial charge is 0.146 e. The highest BCUT2D eigenvalue weighted by Gasteiger charge is 2.53. The van der Waals surface area contributed by atoms with Gasteiger partial charge in [0.05, 0.1) is 24.0 Å². The molecule has 130 valence electrons. The first-order valence-corrected chi connectivity index (χ1v) is 8.17. The lowest BCUT2D eigenvalue weighted by molar-refractivity contribution is -0.151. The largest absolute Gasteiger partial charge is 0.494 e. The van der Waals surface area contributed by atoms with E-state index in [9.17, 15) is 19.5 Å². The second kappa shape index (κ2) is 6.85. The summed E-state index contributed by atoms with van der Waals surface area (Å²) in [6, 6.07) is 7.02. The fraction of sp³-hybridized carbons (Fsp3) is 0.526. The molecule has 1 fully saturated rings. The average molecular weight is 332 g/mol. The van der Waals surface area contributed by atoms with Gasteiger partial charge in [0.2, 0.25) is 0 Å². The van der Waals surface area contributed by atoms with Gasteiger partial charge in [0.1, 0.15) is 23.1 Å². The topological polar surface area (TPSA) is 80.7 Å². The van der Waals surface area contributed by atoms with Crippen LogP contribution in [-0.2, 0) is 14.4 Å². The first-order valence-electron chi connectivity index (χ1n) is 8.17. The van der Waals surface area contributed by atoms with Crippen LogP contribution in [0.2, 0.25) is 0 Å². The zero-order chi connectivity index (χ0) is 18.1. The van der Waals surface area contributed by atoms with Crippen molar-refractivity contribution in [2.75, 3.05) is 6.61 Å². The Labute approximate surface area is 142 Å². The second-order valence-corrected chi connectivity index (χ2v) is 6.70. The molecule has 0 radical (unpaired) electrons. The highest BCUT2D eigenvalue weighted by atomic mass is 16.5. The zero-order valence-electron chi connectivity index (χ0n) is 14.5. The Morgan fingerprint density at radius 2 is 1.79 bits per heavy atom.